The minimum Gasteiger partial charge on any atom is -0.315 e. The molecule has 2 fully saturated rings. The van der Waals surface area contributed by atoms with E-state index in [9.17, 15) is 13.2 Å². The summed E-state index contributed by atoms with van der Waals surface area (Å²) in [7, 11) is 0. The molecule has 1 N–H and O–H groups in total. The highest BCUT2D eigenvalue weighted by molar-refractivity contribution is 5.55. The van der Waals surface area contributed by atoms with E-state index in [1.807, 2.05) is 0 Å². The lowest BCUT2D eigenvalue weighted by Crippen LogP contribution is -2.21. The van der Waals surface area contributed by atoms with Crippen LogP contribution in [-0.2, 0) is 18.0 Å². The Kier molecular flexibility index (Phi) is 1.48. The third-order valence-electron chi connectivity index (χ3n) is 4.90. The number of rotatable bonds is 0. The Morgan fingerprint density at radius 2 is 2.00 bits per heavy atom. The van der Waals surface area contributed by atoms with Crippen LogP contribution in [0.3, 0.4) is 0 Å². The molecule has 0 amide bonds. The number of nitrogens with one attached hydrogen (secondary N) is 1. The molecule has 1 aromatic carbocycles. The van der Waals surface area contributed by atoms with Gasteiger partial charge in [-0.3, -0.25) is 0 Å². The van der Waals surface area contributed by atoms with Gasteiger partial charge in [0.25, 0.3) is 0 Å². The van der Waals surface area contributed by atoms with Crippen molar-refractivity contribution in [2.45, 2.75) is 24.4 Å². The van der Waals surface area contributed by atoms with Crippen molar-refractivity contribution in [3.05, 3.63) is 34.9 Å². The van der Waals surface area contributed by atoms with Crippen LogP contribution in [0.25, 0.3) is 0 Å². The van der Waals surface area contributed by atoms with Gasteiger partial charge in [-0.25, -0.2) is 0 Å². The van der Waals surface area contributed by atoms with E-state index in [-0.39, 0.29) is 10.8 Å². The van der Waals surface area contributed by atoms with Gasteiger partial charge >= 0.3 is 6.18 Å². The average Bonchev–Trinajstić information content (AvgIpc) is 2.62. The minimum atomic E-state index is -4.22. The van der Waals surface area contributed by atoms with E-state index in [1.165, 1.54) is 12.1 Å². The predicted molar refractivity (Wildman–Crippen MR) is 56.7 cm³/mol. The zero-order valence-corrected chi connectivity index (χ0v) is 9.19. The van der Waals surface area contributed by atoms with E-state index in [0.717, 1.165) is 37.1 Å². The summed E-state index contributed by atoms with van der Waals surface area (Å²) in [6, 6.07) is 4.30. The van der Waals surface area contributed by atoms with Gasteiger partial charge in [-0.05, 0) is 41.5 Å². The molecule has 1 saturated carbocycles. The van der Waals surface area contributed by atoms with Gasteiger partial charge in [0.15, 0.2) is 0 Å². The molecule has 17 heavy (non-hydrogen) atoms. The molecule has 2 aliphatic carbocycles. The summed E-state index contributed by atoms with van der Waals surface area (Å²) in [6.45, 7) is 1.90. The van der Waals surface area contributed by atoms with Crippen molar-refractivity contribution >= 4 is 0 Å². The maximum Gasteiger partial charge on any atom is 0.416 e. The molecular formula is C13H12F3N. The SMILES string of the molecule is FC(F)(F)c1ccc2c(c1)CC13CNCC21C3. The Hall–Kier alpha value is -1.03. The maximum atomic E-state index is 12.6. The Morgan fingerprint density at radius 3 is 2.76 bits per heavy atom. The molecule has 90 valence electrons. The van der Waals surface area contributed by atoms with Gasteiger partial charge in [0, 0.05) is 18.5 Å². The minimum absolute atomic E-state index is 0.173. The molecule has 3 aliphatic rings. The molecule has 4 rings (SSSR count). The van der Waals surface area contributed by atoms with Gasteiger partial charge in [0.1, 0.15) is 0 Å². The largest absolute Gasteiger partial charge is 0.416 e. The molecule has 2 unspecified atom stereocenters. The van der Waals surface area contributed by atoms with Gasteiger partial charge in [-0.15, -0.1) is 0 Å². The van der Waals surface area contributed by atoms with Crippen LogP contribution < -0.4 is 5.32 Å². The van der Waals surface area contributed by atoms with E-state index >= 15 is 0 Å². The van der Waals surface area contributed by atoms with E-state index in [2.05, 4.69) is 5.32 Å². The van der Waals surface area contributed by atoms with Crippen LogP contribution in [0, 0.1) is 5.41 Å². The van der Waals surface area contributed by atoms with Gasteiger partial charge < -0.3 is 5.32 Å². The van der Waals surface area contributed by atoms with Crippen LogP contribution in [0.2, 0.25) is 0 Å². The second kappa shape index (κ2) is 2.53. The number of fused-ring (bicyclic) bond motifs is 1. The fourth-order valence-electron chi connectivity index (χ4n) is 4.05. The molecule has 0 bridgehead atoms. The molecule has 2 atom stereocenters. The summed E-state index contributed by atoms with van der Waals surface area (Å²) < 4.78 is 37.9. The zero-order chi connectivity index (χ0) is 11.9. The fourth-order valence-corrected chi connectivity index (χ4v) is 4.05. The average molecular weight is 239 g/mol. The Balaban J connectivity index is 1.83. The molecule has 1 heterocycles. The standard InChI is InChI=1S/C13H12F3N/c14-13(15,16)9-1-2-10-8(3-9)4-11-5-12(10,11)7-17-6-11/h1-3,17H,4-7H2. The lowest BCUT2D eigenvalue weighted by Gasteiger charge is -2.15. The van der Waals surface area contributed by atoms with Crippen LogP contribution in [-0.4, -0.2) is 13.1 Å². The first-order valence-corrected chi connectivity index (χ1v) is 5.88. The first-order valence-electron chi connectivity index (χ1n) is 5.88. The van der Waals surface area contributed by atoms with Crippen LogP contribution in [0.5, 0.6) is 0 Å². The Morgan fingerprint density at radius 1 is 1.18 bits per heavy atom. The normalized spacial score (nSPS) is 37.6. The summed E-state index contributed by atoms with van der Waals surface area (Å²) in [5, 5.41) is 3.37. The van der Waals surface area contributed by atoms with E-state index < -0.39 is 11.7 Å². The van der Waals surface area contributed by atoms with Crippen LogP contribution in [0.1, 0.15) is 23.1 Å². The highest BCUT2D eigenvalue weighted by Gasteiger charge is 2.73. The molecule has 0 aromatic heterocycles. The van der Waals surface area contributed by atoms with E-state index in [1.54, 1.807) is 6.07 Å². The lowest BCUT2D eigenvalue weighted by molar-refractivity contribution is -0.137. The molecular weight excluding hydrogens is 227 g/mol. The number of alkyl halides is 3. The summed E-state index contributed by atoms with van der Waals surface area (Å²) in [4.78, 5) is 0. The van der Waals surface area contributed by atoms with Crippen LogP contribution >= 0.6 is 0 Å². The fraction of sp³-hybridized carbons (Fsp3) is 0.538. The van der Waals surface area contributed by atoms with Crippen LogP contribution in [0.15, 0.2) is 18.2 Å². The molecule has 0 spiro atoms. The van der Waals surface area contributed by atoms with Crippen molar-refractivity contribution in [2.75, 3.05) is 13.1 Å². The lowest BCUT2D eigenvalue weighted by atomic mass is 9.94. The molecule has 4 heteroatoms. The summed E-state index contributed by atoms with van der Waals surface area (Å²) in [5.41, 5.74) is 2.01. The third-order valence-corrected chi connectivity index (χ3v) is 4.90. The van der Waals surface area contributed by atoms with Crippen molar-refractivity contribution in [1.29, 1.82) is 0 Å². The predicted octanol–water partition coefficient (Wildman–Crippen LogP) is 2.49. The highest BCUT2D eigenvalue weighted by Crippen LogP contribution is 2.73. The molecule has 1 aliphatic heterocycles. The number of hydrogen-bond acceptors (Lipinski definition) is 1. The second-order valence-corrected chi connectivity index (χ2v) is 5.69. The first-order chi connectivity index (χ1) is 7.97. The monoisotopic (exact) mass is 239 g/mol. The number of piperidine rings is 1. The van der Waals surface area contributed by atoms with Gasteiger partial charge in [0.05, 0.1) is 5.56 Å². The molecule has 0 radical (unpaired) electrons. The molecule has 1 saturated heterocycles. The summed E-state index contributed by atoms with van der Waals surface area (Å²) >= 11 is 0. The quantitative estimate of drug-likeness (QED) is 0.733. The number of halogens is 3. The second-order valence-electron chi connectivity index (χ2n) is 5.69. The number of hydrogen-bond donors (Lipinski definition) is 1. The van der Waals surface area contributed by atoms with E-state index in [4.69, 9.17) is 0 Å². The van der Waals surface area contributed by atoms with Crippen LogP contribution in [0.4, 0.5) is 13.2 Å². The Bertz CT molecular complexity index is 518. The van der Waals surface area contributed by atoms with Crippen molar-refractivity contribution in [3.63, 3.8) is 0 Å². The molecule has 1 aromatic rings. The van der Waals surface area contributed by atoms with Crippen molar-refractivity contribution < 1.29 is 13.2 Å². The summed E-state index contributed by atoms with van der Waals surface area (Å²) in [5.74, 6) is 0. The Labute approximate surface area is 97.0 Å². The van der Waals surface area contributed by atoms with Crippen molar-refractivity contribution in [1.82, 2.24) is 5.32 Å². The van der Waals surface area contributed by atoms with Crippen molar-refractivity contribution in [2.24, 2.45) is 5.41 Å². The smallest absolute Gasteiger partial charge is 0.315 e. The molecule has 1 nitrogen and oxygen atoms in total. The highest BCUT2D eigenvalue weighted by atomic mass is 19.4. The van der Waals surface area contributed by atoms with Gasteiger partial charge in [-0.1, -0.05) is 6.07 Å². The van der Waals surface area contributed by atoms with Gasteiger partial charge in [-0.2, -0.15) is 13.2 Å². The zero-order valence-electron chi connectivity index (χ0n) is 9.19. The van der Waals surface area contributed by atoms with E-state index in [0.29, 0.717) is 0 Å². The topological polar surface area (TPSA) is 12.0 Å². The number of benzene rings is 1. The first kappa shape index (κ1) is 9.95. The van der Waals surface area contributed by atoms with Gasteiger partial charge in [0.2, 0.25) is 0 Å². The summed E-state index contributed by atoms with van der Waals surface area (Å²) in [6.07, 6.45) is -2.24. The third kappa shape index (κ3) is 1.01. The van der Waals surface area contributed by atoms with Crippen molar-refractivity contribution in [3.8, 4) is 0 Å². The maximum absolute atomic E-state index is 12.6.